The number of aromatic nitrogens is 1. The largest absolute Gasteiger partial charge is 0.755 e. The molecule has 0 aliphatic carbocycles. The Kier molecular flexibility index (Phi) is 6.18. The van der Waals surface area contributed by atoms with E-state index in [9.17, 15) is 31.5 Å². The molecule has 0 aliphatic heterocycles. The van der Waals surface area contributed by atoms with Crippen LogP contribution in [0, 0.1) is 0 Å². The number of para-hydroxylation sites is 1. The highest BCUT2D eigenvalue weighted by atomic mass is 32.2. The molecule has 0 radical (unpaired) electrons. The fourth-order valence-corrected chi connectivity index (χ4v) is 3.70. The lowest BCUT2D eigenvalue weighted by molar-refractivity contribution is -0.137. The number of nitrogens with one attached hydrogen (secondary N) is 1. The number of pyridine rings is 1. The van der Waals surface area contributed by atoms with Crippen LogP contribution in [0.2, 0.25) is 0 Å². The van der Waals surface area contributed by atoms with Crippen molar-refractivity contribution in [3.05, 3.63) is 94.5 Å². The molecule has 2 aromatic carbocycles. The molecule has 4 aromatic rings. The van der Waals surface area contributed by atoms with E-state index in [1.807, 2.05) is 0 Å². The van der Waals surface area contributed by atoms with E-state index in [1.165, 1.54) is 36.5 Å². The van der Waals surface area contributed by atoms with Crippen molar-refractivity contribution >= 4 is 45.3 Å². The first-order valence-electron chi connectivity index (χ1n) is 9.50. The number of alkyl halides is 3. The Morgan fingerprint density at radius 2 is 1.79 bits per heavy atom. The van der Waals surface area contributed by atoms with E-state index in [1.54, 1.807) is 12.1 Å². The van der Waals surface area contributed by atoms with Crippen molar-refractivity contribution in [2.24, 2.45) is 0 Å². The number of carbonyl (C=O) groups excluding carboxylic acids is 1. The Balaban J connectivity index is 1.64. The normalized spacial score (nSPS) is 12.4. The van der Waals surface area contributed by atoms with Crippen molar-refractivity contribution < 1.29 is 31.1 Å². The molecule has 8 nitrogen and oxygen atoms in total. The van der Waals surface area contributed by atoms with Gasteiger partial charge in [0.25, 0.3) is 5.91 Å². The molecular weight excluding hydrogens is 475 g/mol. The van der Waals surface area contributed by atoms with Gasteiger partial charge in [0.2, 0.25) is 0 Å². The number of anilines is 3. The summed E-state index contributed by atoms with van der Waals surface area (Å²) in [6.07, 6.45) is -3.36. The second kappa shape index (κ2) is 9.08. The standard InChI is InChI=1S/C22H14F3N3O5S/c23-22(24,25)14-5-7-16(8-6-14)28(34(31)32)18-12-15(10-11-26-18)27-21(30)17-3-1-2-13-4-9-19(29)33-20(13)17/h1-12H,(H,31,32)(H,26,27,30)/p-1. The van der Waals surface area contributed by atoms with Crippen LogP contribution in [0.1, 0.15) is 15.9 Å². The van der Waals surface area contributed by atoms with Crippen molar-refractivity contribution in [1.82, 2.24) is 4.98 Å². The van der Waals surface area contributed by atoms with Gasteiger partial charge in [-0.05, 0) is 42.5 Å². The van der Waals surface area contributed by atoms with Crippen molar-refractivity contribution in [3.8, 4) is 0 Å². The number of carbonyl (C=O) groups is 1. The Hall–Kier alpha value is -4.03. The van der Waals surface area contributed by atoms with E-state index in [4.69, 9.17) is 4.42 Å². The zero-order chi connectivity index (χ0) is 24.5. The lowest BCUT2D eigenvalue weighted by Crippen LogP contribution is -2.21. The monoisotopic (exact) mass is 488 g/mol. The maximum Gasteiger partial charge on any atom is 0.416 e. The summed E-state index contributed by atoms with van der Waals surface area (Å²) in [6.45, 7) is 0. The number of nitrogens with zero attached hydrogens (tertiary/aromatic N) is 2. The number of benzene rings is 2. The van der Waals surface area contributed by atoms with E-state index < -0.39 is 34.5 Å². The van der Waals surface area contributed by atoms with Crippen molar-refractivity contribution in [1.29, 1.82) is 0 Å². The summed E-state index contributed by atoms with van der Waals surface area (Å²) in [5.74, 6) is -0.809. The van der Waals surface area contributed by atoms with Crippen LogP contribution in [0.15, 0.2) is 82.1 Å². The van der Waals surface area contributed by atoms with Gasteiger partial charge in [-0.2, -0.15) is 13.2 Å². The summed E-state index contributed by atoms with van der Waals surface area (Å²) in [5, 5.41) is 3.09. The number of rotatable bonds is 5. The Labute approximate surface area is 192 Å². The average Bonchev–Trinajstić information content (AvgIpc) is 2.78. The van der Waals surface area contributed by atoms with Gasteiger partial charge in [-0.1, -0.05) is 12.1 Å². The van der Waals surface area contributed by atoms with Gasteiger partial charge in [0.05, 0.1) is 28.1 Å². The topological polar surface area (TPSA) is 116 Å². The van der Waals surface area contributed by atoms with Crippen LogP contribution in [-0.2, 0) is 17.4 Å². The van der Waals surface area contributed by atoms with Crippen LogP contribution >= 0.6 is 0 Å². The smallest absolute Gasteiger partial charge is 0.416 e. The number of halogens is 3. The molecule has 12 heteroatoms. The Morgan fingerprint density at radius 1 is 1.06 bits per heavy atom. The number of fused-ring (bicyclic) bond motifs is 1. The van der Waals surface area contributed by atoms with Gasteiger partial charge in [-0.15, -0.1) is 0 Å². The molecule has 0 saturated heterocycles. The van der Waals surface area contributed by atoms with Crippen LogP contribution in [0.25, 0.3) is 11.0 Å². The predicted molar refractivity (Wildman–Crippen MR) is 117 cm³/mol. The molecule has 34 heavy (non-hydrogen) atoms. The van der Waals surface area contributed by atoms with Crippen LogP contribution in [0.4, 0.5) is 30.4 Å². The predicted octanol–water partition coefficient (Wildman–Crippen LogP) is 4.39. The SMILES string of the molecule is O=C(Nc1ccnc(N(c2ccc(C(F)(F)F)cc2)S(=O)[O-])c1)c1cccc2ccc(=O)oc12. The van der Waals surface area contributed by atoms with E-state index >= 15 is 0 Å². The molecule has 2 heterocycles. The minimum atomic E-state index is -4.58. The summed E-state index contributed by atoms with van der Waals surface area (Å²) < 4.78 is 68.0. The molecule has 0 spiro atoms. The van der Waals surface area contributed by atoms with E-state index in [2.05, 4.69) is 10.3 Å². The molecule has 0 bridgehead atoms. The van der Waals surface area contributed by atoms with Crippen molar-refractivity contribution in [2.75, 3.05) is 9.62 Å². The minimum Gasteiger partial charge on any atom is -0.755 e. The molecule has 1 amide bonds. The third-order valence-corrected chi connectivity index (χ3v) is 5.38. The zero-order valence-corrected chi connectivity index (χ0v) is 17.7. The molecule has 1 atom stereocenters. The lowest BCUT2D eigenvalue weighted by Gasteiger charge is -2.26. The van der Waals surface area contributed by atoms with Gasteiger partial charge < -0.3 is 14.3 Å². The van der Waals surface area contributed by atoms with E-state index in [0.29, 0.717) is 9.69 Å². The Morgan fingerprint density at radius 3 is 2.47 bits per heavy atom. The van der Waals surface area contributed by atoms with Gasteiger partial charge in [0.15, 0.2) is 5.58 Å². The summed E-state index contributed by atoms with van der Waals surface area (Å²) in [7, 11) is 0. The molecule has 0 fully saturated rings. The van der Waals surface area contributed by atoms with Gasteiger partial charge in [0.1, 0.15) is 5.82 Å². The Bertz CT molecular complexity index is 1450. The van der Waals surface area contributed by atoms with Crippen LogP contribution in [0.3, 0.4) is 0 Å². The van der Waals surface area contributed by atoms with Crippen LogP contribution in [0.5, 0.6) is 0 Å². The maximum absolute atomic E-state index is 12.8. The van der Waals surface area contributed by atoms with Gasteiger partial charge in [-0.3, -0.25) is 13.3 Å². The number of amides is 1. The lowest BCUT2D eigenvalue weighted by atomic mass is 10.1. The van der Waals surface area contributed by atoms with Gasteiger partial charge in [0, 0.05) is 29.4 Å². The molecule has 1 N–H and O–H groups in total. The highest BCUT2D eigenvalue weighted by molar-refractivity contribution is 7.81. The fourth-order valence-electron chi connectivity index (χ4n) is 3.16. The quantitative estimate of drug-likeness (QED) is 0.329. The molecule has 0 aliphatic rings. The van der Waals surface area contributed by atoms with Gasteiger partial charge in [-0.25, -0.2) is 9.78 Å². The van der Waals surface area contributed by atoms with Gasteiger partial charge >= 0.3 is 11.8 Å². The molecule has 0 saturated carbocycles. The summed E-state index contributed by atoms with van der Waals surface area (Å²) in [5.41, 5.74) is -1.37. The molecule has 4 rings (SSSR count). The van der Waals surface area contributed by atoms with Crippen molar-refractivity contribution in [3.63, 3.8) is 0 Å². The second-order valence-electron chi connectivity index (χ2n) is 6.89. The maximum atomic E-state index is 12.8. The first-order valence-corrected chi connectivity index (χ1v) is 10.5. The number of hydrogen-bond donors (Lipinski definition) is 1. The van der Waals surface area contributed by atoms with E-state index in [-0.39, 0.29) is 28.3 Å². The summed E-state index contributed by atoms with van der Waals surface area (Å²) in [4.78, 5) is 28.3. The fraction of sp³-hybridized carbons (Fsp3) is 0.0455. The molecule has 2 aromatic heterocycles. The highest BCUT2D eigenvalue weighted by Crippen LogP contribution is 2.33. The number of hydrogen-bond acceptors (Lipinski definition) is 6. The first kappa shape index (κ1) is 23.1. The first-order chi connectivity index (χ1) is 16.1. The summed E-state index contributed by atoms with van der Waals surface area (Å²) in [6, 6.07) is 13.5. The highest BCUT2D eigenvalue weighted by Gasteiger charge is 2.30. The third-order valence-electron chi connectivity index (χ3n) is 4.68. The minimum absolute atomic E-state index is 0.0700. The third kappa shape index (κ3) is 4.82. The molecule has 174 valence electrons. The van der Waals surface area contributed by atoms with Crippen LogP contribution in [-0.4, -0.2) is 19.7 Å². The summed E-state index contributed by atoms with van der Waals surface area (Å²) >= 11 is -2.93. The molecular formula is C22H13F3N3O5S-. The van der Waals surface area contributed by atoms with E-state index in [0.717, 1.165) is 24.3 Å². The van der Waals surface area contributed by atoms with Crippen molar-refractivity contribution in [2.45, 2.75) is 6.18 Å². The second-order valence-corrected chi connectivity index (χ2v) is 7.69. The molecule has 1 unspecified atom stereocenters. The average molecular weight is 488 g/mol. The zero-order valence-electron chi connectivity index (χ0n) is 16.9. The van der Waals surface area contributed by atoms with Crippen LogP contribution < -0.4 is 15.2 Å².